The SMILES string of the molecule is COc1ccc(C(=O)N2CCC2)cc1S(=O)(=O)Nc1cc(-c2ccccc2)c(F)cc1F. The maximum atomic E-state index is 14.5. The smallest absolute Gasteiger partial charge is 0.265 e. The molecule has 0 atom stereocenters. The molecule has 1 saturated heterocycles. The summed E-state index contributed by atoms with van der Waals surface area (Å²) in [7, 11) is -3.08. The van der Waals surface area contributed by atoms with Crippen molar-refractivity contribution in [2.24, 2.45) is 0 Å². The molecule has 166 valence electrons. The Hall–Kier alpha value is -3.46. The van der Waals surface area contributed by atoms with E-state index in [1.165, 1.54) is 25.3 Å². The number of sulfonamides is 1. The zero-order chi connectivity index (χ0) is 22.9. The van der Waals surface area contributed by atoms with Gasteiger partial charge in [0.05, 0.1) is 12.8 Å². The molecular formula is C23H20F2N2O4S. The van der Waals surface area contributed by atoms with Crippen LogP contribution in [0.5, 0.6) is 5.75 Å². The summed E-state index contributed by atoms with van der Waals surface area (Å²) >= 11 is 0. The van der Waals surface area contributed by atoms with E-state index in [2.05, 4.69) is 4.72 Å². The zero-order valence-corrected chi connectivity index (χ0v) is 18.0. The number of amides is 1. The molecule has 0 bridgehead atoms. The summed E-state index contributed by atoms with van der Waals surface area (Å²) in [6.07, 6.45) is 0.891. The first-order chi connectivity index (χ1) is 15.3. The second kappa shape index (κ2) is 8.58. The van der Waals surface area contributed by atoms with Crippen molar-refractivity contribution in [3.63, 3.8) is 0 Å². The van der Waals surface area contributed by atoms with Gasteiger partial charge >= 0.3 is 0 Å². The van der Waals surface area contributed by atoms with Crippen LogP contribution in [-0.4, -0.2) is 39.4 Å². The summed E-state index contributed by atoms with van der Waals surface area (Å²) in [5, 5.41) is 0. The van der Waals surface area contributed by atoms with Crippen molar-refractivity contribution in [2.75, 3.05) is 24.9 Å². The number of carbonyl (C=O) groups is 1. The Morgan fingerprint density at radius 2 is 1.72 bits per heavy atom. The van der Waals surface area contributed by atoms with Gasteiger partial charge in [-0.3, -0.25) is 9.52 Å². The van der Waals surface area contributed by atoms with E-state index in [1.807, 2.05) is 0 Å². The van der Waals surface area contributed by atoms with Gasteiger partial charge in [-0.1, -0.05) is 30.3 Å². The maximum absolute atomic E-state index is 14.5. The molecule has 32 heavy (non-hydrogen) atoms. The van der Waals surface area contributed by atoms with Crippen LogP contribution >= 0.6 is 0 Å². The highest BCUT2D eigenvalue weighted by molar-refractivity contribution is 7.92. The lowest BCUT2D eigenvalue weighted by molar-refractivity contribution is 0.0651. The summed E-state index contributed by atoms with van der Waals surface area (Å²) < 4.78 is 62.4. The molecule has 1 aliphatic heterocycles. The molecule has 9 heteroatoms. The highest BCUT2D eigenvalue weighted by Crippen LogP contribution is 2.32. The van der Waals surface area contributed by atoms with E-state index in [0.29, 0.717) is 24.7 Å². The van der Waals surface area contributed by atoms with Crippen molar-refractivity contribution in [1.82, 2.24) is 4.90 Å². The lowest BCUT2D eigenvalue weighted by Gasteiger charge is -2.31. The molecule has 1 N–H and O–H groups in total. The van der Waals surface area contributed by atoms with Crippen molar-refractivity contribution in [1.29, 1.82) is 0 Å². The van der Waals surface area contributed by atoms with E-state index >= 15 is 0 Å². The molecule has 1 heterocycles. The monoisotopic (exact) mass is 458 g/mol. The van der Waals surface area contributed by atoms with Gasteiger partial charge in [-0.25, -0.2) is 17.2 Å². The summed E-state index contributed by atoms with van der Waals surface area (Å²) in [4.78, 5) is 13.8. The quantitative estimate of drug-likeness (QED) is 0.598. The average molecular weight is 458 g/mol. The van der Waals surface area contributed by atoms with Gasteiger partial charge in [-0.2, -0.15) is 0 Å². The van der Waals surface area contributed by atoms with Crippen molar-refractivity contribution < 1.29 is 26.7 Å². The molecule has 1 aliphatic rings. The Bertz CT molecular complexity index is 1280. The van der Waals surface area contributed by atoms with E-state index in [0.717, 1.165) is 12.5 Å². The van der Waals surface area contributed by atoms with Gasteiger partial charge in [0, 0.05) is 30.3 Å². The van der Waals surface area contributed by atoms with Crippen molar-refractivity contribution in [2.45, 2.75) is 11.3 Å². The Morgan fingerprint density at radius 3 is 2.34 bits per heavy atom. The number of methoxy groups -OCH3 is 1. The van der Waals surface area contributed by atoms with E-state index in [4.69, 9.17) is 4.74 Å². The molecule has 0 spiro atoms. The van der Waals surface area contributed by atoms with Gasteiger partial charge in [0.25, 0.3) is 15.9 Å². The topological polar surface area (TPSA) is 75.7 Å². The number of carbonyl (C=O) groups excluding carboxylic acids is 1. The van der Waals surface area contributed by atoms with Gasteiger partial charge in [0.1, 0.15) is 22.3 Å². The summed E-state index contributed by atoms with van der Waals surface area (Å²) in [5.74, 6) is -2.20. The first-order valence-corrected chi connectivity index (χ1v) is 11.3. The van der Waals surface area contributed by atoms with Crippen LogP contribution in [-0.2, 0) is 10.0 Å². The normalized spacial score (nSPS) is 13.4. The first kappa shape index (κ1) is 21.8. The van der Waals surface area contributed by atoms with E-state index in [9.17, 15) is 22.0 Å². The fourth-order valence-electron chi connectivity index (χ4n) is 3.39. The van der Waals surface area contributed by atoms with E-state index in [-0.39, 0.29) is 27.7 Å². The van der Waals surface area contributed by atoms with Gasteiger partial charge < -0.3 is 9.64 Å². The van der Waals surface area contributed by atoms with Crippen molar-refractivity contribution >= 4 is 21.6 Å². The van der Waals surface area contributed by atoms with Gasteiger partial charge in [-0.15, -0.1) is 0 Å². The van der Waals surface area contributed by atoms with Crippen LogP contribution in [0.15, 0.2) is 65.6 Å². The lowest BCUT2D eigenvalue weighted by atomic mass is 10.0. The molecule has 0 radical (unpaired) electrons. The van der Waals surface area contributed by atoms with Gasteiger partial charge in [-0.05, 0) is 36.2 Å². The molecule has 0 aromatic heterocycles. The number of anilines is 1. The minimum atomic E-state index is -4.37. The minimum Gasteiger partial charge on any atom is -0.495 e. The number of hydrogen-bond donors (Lipinski definition) is 1. The van der Waals surface area contributed by atoms with Gasteiger partial charge in [0.15, 0.2) is 0 Å². The zero-order valence-electron chi connectivity index (χ0n) is 17.1. The third-order valence-electron chi connectivity index (χ3n) is 5.23. The third-order valence-corrected chi connectivity index (χ3v) is 6.62. The molecule has 1 amide bonds. The fourth-order valence-corrected chi connectivity index (χ4v) is 4.64. The summed E-state index contributed by atoms with van der Waals surface area (Å²) in [6, 6.07) is 14.1. The maximum Gasteiger partial charge on any atom is 0.265 e. The second-order valence-corrected chi connectivity index (χ2v) is 8.95. The fraction of sp³-hybridized carbons (Fsp3) is 0.174. The molecule has 3 aromatic carbocycles. The predicted octanol–water partition coefficient (Wildman–Crippen LogP) is 4.29. The van der Waals surface area contributed by atoms with Crippen LogP contribution in [0.4, 0.5) is 14.5 Å². The molecule has 3 aromatic rings. The van der Waals surface area contributed by atoms with E-state index < -0.39 is 27.3 Å². The van der Waals surface area contributed by atoms with Gasteiger partial charge in [0.2, 0.25) is 0 Å². The molecule has 0 unspecified atom stereocenters. The highest BCUT2D eigenvalue weighted by atomic mass is 32.2. The average Bonchev–Trinajstić information content (AvgIpc) is 2.74. The lowest BCUT2D eigenvalue weighted by Crippen LogP contribution is -2.42. The Labute approximate surface area is 184 Å². The van der Waals surface area contributed by atoms with Crippen LogP contribution in [0.25, 0.3) is 11.1 Å². The Kier molecular flexibility index (Phi) is 5.84. The molecule has 1 fully saturated rings. The van der Waals surface area contributed by atoms with Crippen LogP contribution in [0, 0.1) is 11.6 Å². The highest BCUT2D eigenvalue weighted by Gasteiger charge is 2.27. The third kappa shape index (κ3) is 4.16. The van der Waals surface area contributed by atoms with E-state index in [1.54, 1.807) is 35.2 Å². The van der Waals surface area contributed by atoms with Crippen molar-refractivity contribution in [3.8, 4) is 16.9 Å². The molecule has 0 aliphatic carbocycles. The number of likely N-dealkylation sites (tertiary alicyclic amines) is 1. The first-order valence-electron chi connectivity index (χ1n) is 9.85. The number of hydrogen-bond acceptors (Lipinski definition) is 4. The Morgan fingerprint density at radius 1 is 1.00 bits per heavy atom. The minimum absolute atomic E-state index is 0.0107. The number of nitrogens with zero attached hydrogens (tertiary/aromatic N) is 1. The largest absolute Gasteiger partial charge is 0.495 e. The molecule has 0 saturated carbocycles. The van der Waals surface area contributed by atoms with Crippen LogP contribution < -0.4 is 9.46 Å². The molecule has 6 nitrogen and oxygen atoms in total. The summed E-state index contributed by atoms with van der Waals surface area (Å²) in [5.41, 5.74) is 0.255. The molecular weight excluding hydrogens is 438 g/mol. The standard InChI is InChI=1S/C23H20F2N2O4S/c1-31-21-9-8-16(23(28)27-10-5-11-27)12-22(21)32(29,30)26-20-13-17(18(24)14-19(20)25)15-6-3-2-4-7-15/h2-4,6-9,12-14,26H,5,10-11H2,1H3. The molecule has 4 rings (SSSR count). The van der Waals surface area contributed by atoms with Crippen LogP contribution in [0.3, 0.4) is 0 Å². The number of rotatable bonds is 6. The number of nitrogens with one attached hydrogen (secondary N) is 1. The summed E-state index contributed by atoms with van der Waals surface area (Å²) in [6.45, 7) is 1.21. The van der Waals surface area contributed by atoms with Crippen molar-refractivity contribution in [3.05, 3.63) is 77.9 Å². The van der Waals surface area contributed by atoms with Crippen LogP contribution in [0.2, 0.25) is 0 Å². The van der Waals surface area contributed by atoms with Crippen LogP contribution in [0.1, 0.15) is 16.8 Å². The number of ether oxygens (including phenoxy) is 1. The predicted molar refractivity (Wildman–Crippen MR) is 116 cm³/mol. The second-order valence-electron chi connectivity index (χ2n) is 7.29. The number of halogens is 2. The Balaban J connectivity index is 1.72. The number of benzene rings is 3.